The maximum Gasteiger partial charge on any atom is 0.153 e. The fourth-order valence-corrected chi connectivity index (χ4v) is 2.29. The number of benzene rings is 2. The van der Waals surface area contributed by atoms with Gasteiger partial charge in [0.05, 0.1) is 12.2 Å². The largest absolute Gasteiger partial charge is 0.492 e. The molecular formula is C15H14O2S. The Hall–Kier alpha value is -1.74. The van der Waals surface area contributed by atoms with E-state index in [4.69, 9.17) is 4.74 Å². The van der Waals surface area contributed by atoms with E-state index in [9.17, 15) is 4.79 Å². The Balaban J connectivity index is 1.80. The fourth-order valence-electron chi connectivity index (χ4n) is 1.54. The van der Waals surface area contributed by atoms with E-state index in [0.29, 0.717) is 17.9 Å². The quantitative estimate of drug-likeness (QED) is 0.449. The van der Waals surface area contributed by atoms with Gasteiger partial charge in [-0.05, 0) is 24.3 Å². The summed E-state index contributed by atoms with van der Waals surface area (Å²) in [6, 6.07) is 17.5. The molecule has 2 rings (SSSR count). The summed E-state index contributed by atoms with van der Waals surface area (Å²) in [5.41, 5.74) is 0.599. The molecule has 0 spiro atoms. The number of hydrogen-bond acceptors (Lipinski definition) is 3. The highest BCUT2D eigenvalue weighted by molar-refractivity contribution is 7.99. The number of rotatable bonds is 6. The zero-order chi connectivity index (χ0) is 12.6. The summed E-state index contributed by atoms with van der Waals surface area (Å²) < 4.78 is 5.60. The second-order valence-corrected chi connectivity index (χ2v) is 4.83. The molecular weight excluding hydrogens is 244 g/mol. The van der Waals surface area contributed by atoms with Gasteiger partial charge in [0, 0.05) is 10.6 Å². The molecule has 0 bridgehead atoms. The Morgan fingerprint density at radius 1 is 1.00 bits per heavy atom. The zero-order valence-electron chi connectivity index (χ0n) is 9.91. The number of thioether (sulfide) groups is 1. The van der Waals surface area contributed by atoms with Gasteiger partial charge in [-0.25, -0.2) is 0 Å². The van der Waals surface area contributed by atoms with Crippen LogP contribution in [0.4, 0.5) is 0 Å². The van der Waals surface area contributed by atoms with E-state index in [1.54, 1.807) is 17.8 Å². The van der Waals surface area contributed by atoms with Crippen molar-refractivity contribution < 1.29 is 9.53 Å². The molecule has 2 nitrogen and oxygen atoms in total. The normalized spacial score (nSPS) is 10.0. The van der Waals surface area contributed by atoms with Gasteiger partial charge in [-0.3, -0.25) is 4.79 Å². The molecule has 0 radical (unpaired) electrons. The standard InChI is InChI=1S/C15H14O2S/c16-12-13-6-4-5-9-15(13)17-10-11-18-14-7-2-1-3-8-14/h1-9,12H,10-11H2. The molecule has 0 N–H and O–H groups in total. The topological polar surface area (TPSA) is 26.3 Å². The average Bonchev–Trinajstić information content (AvgIpc) is 2.45. The van der Waals surface area contributed by atoms with Crippen molar-refractivity contribution in [3.8, 4) is 5.75 Å². The van der Waals surface area contributed by atoms with E-state index in [1.807, 2.05) is 36.4 Å². The third kappa shape index (κ3) is 3.64. The first-order valence-corrected chi connectivity index (χ1v) is 6.73. The summed E-state index contributed by atoms with van der Waals surface area (Å²) in [6.45, 7) is 0.588. The summed E-state index contributed by atoms with van der Waals surface area (Å²) >= 11 is 1.74. The van der Waals surface area contributed by atoms with Crippen molar-refractivity contribution in [1.29, 1.82) is 0 Å². The maximum atomic E-state index is 10.8. The van der Waals surface area contributed by atoms with Crippen LogP contribution in [0, 0.1) is 0 Å². The minimum Gasteiger partial charge on any atom is -0.492 e. The molecule has 18 heavy (non-hydrogen) atoms. The SMILES string of the molecule is O=Cc1ccccc1OCCSc1ccccc1. The molecule has 2 aromatic carbocycles. The Morgan fingerprint density at radius 3 is 2.50 bits per heavy atom. The molecule has 0 atom stereocenters. The van der Waals surface area contributed by atoms with Crippen LogP contribution >= 0.6 is 11.8 Å². The van der Waals surface area contributed by atoms with Crippen molar-refractivity contribution in [2.45, 2.75) is 4.90 Å². The van der Waals surface area contributed by atoms with Crippen LogP contribution in [0.5, 0.6) is 5.75 Å². The first-order chi connectivity index (χ1) is 8.90. The Kier molecular flexibility index (Phi) is 4.85. The zero-order valence-corrected chi connectivity index (χ0v) is 10.7. The van der Waals surface area contributed by atoms with Gasteiger partial charge in [-0.15, -0.1) is 11.8 Å². The van der Waals surface area contributed by atoms with Crippen LogP contribution in [0.1, 0.15) is 10.4 Å². The van der Waals surface area contributed by atoms with E-state index >= 15 is 0 Å². The smallest absolute Gasteiger partial charge is 0.153 e. The molecule has 92 valence electrons. The number of carbonyl (C=O) groups excluding carboxylic acids is 1. The lowest BCUT2D eigenvalue weighted by Gasteiger charge is -2.07. The molecule has 0 unspecified atom stereocenters. The molecule has 3 heteroatoms. The van der Waals surface area contributed by atoms with Crippen LogP contribution in [0.3, 0.4) is 0 Å². The number of para-hydroxylation sites is 1. The van der Waals surface area contributed by atoms with Crippen molar-refractivity contribution in [3.63, 3.8) is 0 Å². The number of aldehydes is 1. The Morgan fingerprint density at radius 2 is 1.72 bits per heavy atom. The van der Waals surface area contributed by atoms with E-state index in [-0.39, 0.29) is 0 Å². The van der Waals surface area contributed by atoms with Crippen molar-refractivity contribution in [1.82, 2.24) is 0 Å². The maximum absolute atomic E-state index is 10.8. The van der Waals surface area contributed by atoms with Gasteiger partial charge in [-0.2, -0.15) is 0 Å². The van der Waals surface area contributed by atoms with E-state index in [2.05, 4.69) is 12.1 Å². The highest BCUT2D eigenvalue weighted by Crippen LogP contribution is 2.19. The van der Waals surface area contributed by atoms with Crippen LogP contribution < -0.4 is 4.74 Å². The van der Waals surface area contributed by atoms with Crippen LogP contribution in [0.2, 0.25) is 0 Å². The third-order valence-electron chi connectivity index (χ3n) is 2.40. The van der Waals surface area contributed by atoms with E-state index < -0.39 is 0 Å². The Labute approximate surface area is 111 Å². The molecule has 0 fully saturated rings. The Bertz CT molecular complexity index is 497. The molecule has 0 saturated heterocycles. The fraction of sp³-hybridized carbons (Fsp3) is 0.133. The minimum atomic E-state index is 0.588. The monoisotopic (exact) mass is 258 g/mol. The van der Waals surface area contributed by atoms with Crippen LogP contribution in [-0.4, -0.2) is 18.6 Å². The van der Waals surface area contributed by atoms with E-state index in [0.717, 1.165) is 12.0 Å². The summed E-state index contributed by atoms with van der Waals surface area (Å²) in [4.78, 5) is 12.0. The molecule has 0 amide bonds. The minimum absolute atomic E-state index is 0.588. The number of ether oxygens (including phenoxy) is 1. The molecule has 0 aliphatic heterocycles. The molecule has 0 saturated carbocycles. The van der Waals surface area contributed by atoms with Crippen molar-refractivity contribution in [2.75, 3.05) is 12.4 Å². The predicted molar refractivity (Wildman–Crippen MR) is 74.5 cm³/mol. The molecule has 0 aromatic heterocycles. The van der Waals surface area contributed by atoms with Crippen molar-refractivity contribution >= 4 is 18.0 Å². The number of carbonyl (C=O) groups is 1. The van der Waals surface area contributed by atoms with Gasteiger partial charge in [0.15, 0.2) is 6.29 Å². The lowest BCUT2D eigenvalue weighted by Crippen LogP contribution is -2.02. The highest BCUT2D eigenvalue weighted by atomic mass is 32.2. The lowest BCUT2D eigenvalue weighted by atomic mass is 10.2. The first kappa shape index (κ1) is 12.7. The molecule has 0 aliphatic carbocycles. The van der Waals surface area contributed by atoms with Gasteiger partial charge < -0.3 is 4.74 Å². The average molecular weight is 258 g/mol. The summed E-state index contributed by atoms with van der Waals surface area (Å²) in [5, 5.41) is 0. The van der Waals surface area contributed by atoms with Gasteiger partial charge in [0.1, 0.15) is 5.75 Å². The van der Waals surface area contributed by atoms with Gasteiger partial charge in [0.2, 0.25) is 0 Å². The third-order valence-corrected chi connectivity index (χ3v) is 3.38. The van der Waals surface area contributed by atoms with Crippen molar-refractivity contribution in [2.24, 2.45) is 0 Å². The van der Waals surface area contributed by atoms with E-state index in [1.165, 1.54) is 4.90 Å². The summed E-state index contributed by atoms with van der Waals surface area (Å²) in [5.74, 6) is 1.51. The van der Waals surface area contributed by atoms with Gasteiger partial charge >= 0.3 is 0 Å². The summed E-state index contributed by atoms with van der Waals surface area (Å²) in [7, 11) is 0. The van der Waals surface area contributed by atoms with Gasteiger partial charge in [0.25, 0.3) is 0 Å². The highest BCUT2D eigenvalue weighted by Gasteiger charge is 2.01. The molecule has 0 heterocycles. The van der Waals surface area contributed by atoms with Crippen LogP contribution in [-0.2, 0) is 0 Å². The van der Waals surface area contributed by atoms with Gasteiger partial charge in [-0.1, -0.05) is 30.3 Å². The van der Waals surface area contributed by atoms with Crippen LogP contribution in [0.15, 0.2) is 59.5 Å². The first-order valence-electron chi connectivity index (χ1n) is 5.75. The number of hydrogen-bond donors (Lipinski definition) is 0. The second-order valence-electron chi connectivity index (χ2n) is 3.67. The predicted octanol–water partition coefficient (Wildman–Crippen LogP) is 3.67. The lowest BCUT2D eigenvalue weighted by molar-refractivity contribution is 0.112. The van der Waals surface area contributed by atoms with Crippen LogP contribution in [0.25, 0.3) is 0 Å². The molecule has 0 aliphatic rings. The van der Waals surface area contributed by atoms with Crippen molar-refractivity contribution in [3.05, 3.63) is 60.2 Å². The molecule has 2 aromatic rings. The second kappa shape index (κ2) is 6.87. The summed E-state index contributed by atoms with van der Waals surface area (Å²) in [6.07, 6.45) is 0.819.